The summed E-state index contributed by atoms with van der Waals surface area (Å²) in [4.78, 5) is 0. The van der Waals surface area contributed by atoms with Crippen LogP contribution in [0.5, 0.6) is 5.75 Å². The van der Waals surface area contributed by atoms with Gasteiger partial charge in [0.2, 0.25) is 0 Å². The Hall–Kier alpha value is -1.06. The van der Waals surface area contributed by atoms with Crippen LogP contribution < -0.4 is 4.74 Å². The first-order valence-corrected chi connectivity index (χ1v) is 8.04. The Balaban J connectivity index is 1.94. The molecule has 3 unspecified atom stereocenters. The number of hydrogen-bond acceptors (Lipinski definition) is 3. The summed E-state index contributed by atoms with van der Waals surface area (Å²) in [6.45, 7) is 9.44. The van der Waals surface area contributed by atoms with Gasteiger partial charge < -0.3 is 14.6 Å². The van der Waals surface area contributed by atoms with Crippen molar-refractivity contribution in [3.63, 3.8) is 0 Å². The SMILES string of the molecule is CCCOC1C(O)CC1Oc1ccc(C(C)(C)CC)cc1. The topological polar surface area (TPSA) is 38.7 Å². The number of ether oxygens (including phenoxy) is 2. The Bertz CT molecular complexity index is 438. The highest BCUT2D eigenvalue weighted by molar-refractivity contribution is 5.32. The molecule has 3 heteroatoms. The van der Waals surface area contributed by atoms with Crippen molar-refractivity contribution in [1.82, 2.24) is 0 Å². The van der Waals surface area contributed by atoms with Crippen LogP contribution in [0.3, 0.4) is 0 Å². The maximum atomic E-state index is 9.76. The van der Waals surface area contributed by atoms with E-state index in [2.05, 4.69) is 39.8 Å². The molecule has 3 atom stereocenters. The molecule has 1 aliphatic carbocycles. The van der Waals surface area contributed by atoms with Crippen LogP contribution >= 0.6 is 0 Å². The lowest BCUT2D eigenvalue weighted by Crippen LogP contribution is -2.55. The van der Waals surface area contributed by atoms with Crippen LogP contribution in [0.15, 0.2) is 24.3 Å². The van der Waals surface area contributed by atoms with Gasteiger partial charge in [-0.25, -0.2) is 0 Å². The van der Waals surface area contributed by atoms with Crippen LogP contribution in [0.25, 0.3) is 0 Å². The standard InChI is InChI=1S/C18H28O3/c1-5-11-20-17-15(19)12-16(17)21-14-9-7-13(8-10-14)18(3,4)6-2/h7-10,15-17,19H,5-6,11-12H2,1-4H3. The molecule has 21 heavy (non-hydrogen) atoms. The van der Waals surface area contributed by atoms with Gasteiger partial charge in [-0.2, -0.15) is 0 Å². The Morgan fingerprint density at radius 2 is 1.86 bits per heavy atom. The summed E-state index contributed by atoms with van der Waals surface area (Å²) in [6, 6.07) is 8.31. The van der Waals surface area contributed by atoms with Crippen molar-refractivity contribution in [2.45, 2.75) is 70.7 Å². The number of hydrogen-bond donors (Lipinski definition) is 1. The molecule has 0 radical (unpaired) electrons. The molecule has 1 saturated carbocycles. The van der Waals surface area contributed by atoms with E-state index >= 15 is 0 Å². The van der Waals surface area contributed by atoms with Gasteiger partial charge >= 0.3 is 0 Å². The largest absolute Gasteiger partial charge is 0.488 e. The molecular weight excluding hydrogens is 264 g/mol. The molecule has 1 aromatic carbocycles. The summed E-state index contributed by atoms with van der Waals surface area (Å²) in [6.07, 6.45) is 2.11. The Morgan fingerprint density at radius 1 is 1.19 bits per heavy atom. The zero-order valence-electron chi connectivity index (χ0n) is 13.6. The second-order valence-corrected chi connectivity index (χ2v) is 6.56. The van der Waals surface area contributed by atoms with Crippen molar-refractivity contribution in [3.8, 4) is 5.75 Å². The van der Waals surface area contributed by atoms with E-state index in [1.807, 2.05) is 12.1 Å². The lowest BCUT2D eigenvalue weighted by atomic mass is 9.82. The van der Waals surface area contributed by atoms with E-state index in [-0.39, 0.29) is 23.7 Å². The van der Waals surface area contributed by atoms with Gasteiger partial charge in [0.05, 0.1) is 6.10 Å². The van der Waals surface area contributed by atoms with Gasteiger partial charge in [-0.15, -0.1) is 0 Å². The Morgan fingerprint density at radius 3 is 2.38 bits per heavy atom. The summed E-state index contributed by atoms with van der Waals surface area (Å²) < 4.78 is 11.6. The molecule has 1 fully saturated rings. The first-order valence-electron chi connectivity index (χ1n) is 8.04. The van der Waals surface area contributed by atoms with Crippen LogP contribution in [-0.4, -0.2) is 30.0 Å². The number of rotatable bonds is 7. The van der Waals surface area contributed by atoms with E-state index in [0.717, 1.165) is 18.6 Å². The van der Waals surface area contributed by atoms with Crippen molar-refractivity contribution in [1.29, 1.82) is 0 Å². The first-order chi connectivity index (χ1) is 9.97. The summed E-state index contributed by atoms with van der Waals surface area (Å²) >= 11 is 0. The van der Waals surface area contributed by atoms with Gasteiger partial charge in [0, 0.05) is 13.0 Å². The third-order valence-corrected chi connectivity index (χ3v) is 4.54. The minimum Gasteiger partial charge on any atom is -0.488 e. The average Bonchev–Trinajstić information content (AvgIpc) is 2.47. The van der Waals surface area contributed by atoms with Gasteiger partial charge in [-0.3, -0.25) is 0 Å². The number of aliphatic hydroxyl groups is 1. The van der Waals surface area contributed by atoms with Crippen molar-refractivity contribution >= 4 is 0 Å². The number of aliphatic hydroxyl groups excluding tert-OH is 1. The molecule has 1 aromatic rings. The van der Waals surface area contributed by atoms with E-state index in [1.165, 1.54) is 5.56 Å². The molecule has 0 heterocycles. The normalized spacial score (nSPS) is 25.5. The first kappa shape index (κ1) is 16.3. The second-order valence-electron chi connectivity index (χ2n) is 6.56. The van der Waals surface area contributed by atoms with E-state index in [4.69, 9.17) is 9.47 Å². The van der Waals surface area contributed by atoms with E-state index in [1.54, 1.807) is 0 Å². The third-order valence-electron chi connectivity index (χ3n) is 4.54. The van der Waals surface area contributed by atoms with Crippen LogP contribution in [0.4, 0.5) is 0 Å². The molecule has 0 spiro atoms. The molecule has 1 N–H and O–H groups in total. The van der Waals surface area contributed by atoms with Gasteiger partial charge in [0.1, 0.15) is 18.0 Å². The average molecular weight is 292 g/mol. The molecule has 0 saturated heterocycles. The predicted molar refractivity (Wildman–Crippen MR) is 84.8 cm³/mol. The maximum absolute atomic E-state index is 9.76. The van der Waals surface area contributed by atoms with Crippen LogP contribution in [0.2, 0.25) is 0 Å². The van der Waals surface area contributed by atoms with Gasteiger partial charge in [0.15, 0.2) is 0 Å². The monoisotopic (exact) mass is 292 g/mol. The highest BCUT2D eigenvalue weighted by atomic mass is 16.6. The zero-order valence-corrected chi connectivity index (χ0v) is 13.6. The van der Waals surface area contributed by atoms with Crippen molar-refractivity contribution in [3.05, 3.63) is 29.8 Å². The lowest BCUT2D eigenvalue weighted by molar-refractivity contribution is -0.162. The highest BCUT2D eigenvalue weighted by Crippen LogP contribution is 2.31. The summed E-state index contributed by atoms with van der Waals surface area (Å²) in [5.41, 5.74) is 1.52. The van der Waals surface area contributed by atoms with E-state index in [0.29, 0.717) is 13.0 Å². The molecular formula is C18H28O3. The smallest absolute Gasteiger partial charge is 0.130 e. The minimum atomic E-state index is -0.389. The fourth-order valence-corrected chi connectivity index (χ4v) is 2.51. The molecule has 118 valence electrons. The fraction of sp³-hybridized carbons (Fsp3) is 0.667. The molecule has 1 aliphatic rings. The van der Waals surface area contributed by atoms with Crippen molar-refractivity contribution in [2.75, 3.05) is 6.61 Å². The van der Waals surface area contributed by atoms with Crippen molar-refractivity contribution in [2.24, 2.45) is 0 Å². The molecule has 2 rings (SSSR count). The minimum absolute atomic E-state index is 0.0309. The van der Waals surface area contributed by atoms with Crippen molar-refractivity contribution < 1.29 is 14.6 Å². The number of benzene rings is 1. The summed E-state index contributed by atoms with van der Waals surface area (Å²) in [5, 5.41) is 9.76. The molecule has 0 aromatic heterocycles. The van der Waals surface area contributed by atoms with Crippen LogP contribution in [0.1, 0.15) is 52.5 Å². The predicted octanol–water partition coefficient (Wildman–Crippen LogP) is 3.68. The van der Waals surface area contributed by atoms with Crippen LogP contribution in [0, 0.1) is 0 Å². The molecule has 0 bridgehead atoms. The molecule has 0 aliphatic heterocycles. The third kappa shape index (κ3) is 3.78. The Kier molecular flexibility index (Phi) is 5.28. The quantitative estimate of drug-likeness (QED) is 0.833. The lowest BCUT2D eigenvalue weighted by Gasteiger charge is -2.40. The second kappa shape index (κ2) is 6.80. The van der Waals surface area contributed by atoms with E-state index < -0.39 is 0 Å². The van der Waals surface area contributed by atoms with Crippen LogP contribution in [-0.2, 0) is 10.2 Å². The van der Waals surface area contributed by atoms with Gasteiger partial charge in [-0.05, 0) is 36.0 Å². The molecule has 3 nitrogen and oxygen atoms in total. The zero-order chi connectivity index (χ0) is 15.5. The van der Waals surface area contributed by atoms with E-state index in [9.17, 15) is 5.11 Å². The summed E-state index contributed by atoms with van der Waals surface area (Å²) in [7, 11) is 0. The van der Waals surface area contributed by atoms with Gasteiger partial charge in [-0.1, -0.05) is 39.8 Å². The fourth-order valence-electron chi connectivity index (χ4n) is 2.51. The summed E-state index contributed by atoms with van der Waals surface area (Å²) in [5.74, 6) is 0.854. The Labute approximate surface area is 128 Å². The highest BCUT2D eigenvalue weighted by Gasteiger charge is 2.42. The molecule has 0 amide bonds. The van der Waals surface area contributed by atoms with Gasteiger partial charge in [0.25, 0.3) is 0 Å². The maximum Gasteiger partial charge on any atom is 0.130 e.